The Bertz CT molecular complexity index is 508. The number of anilines is 1. The summed E-state index contributed by atoms with van der Waals surface area (Å²) in [7, 11) is 0. The molecule has 4 nitrogen and oxygen atoms in total. The molecule has 0 unspecified atom stereocenters. The van der Waals surface area contributed by atoms with E-state index in [0.29, 0.717) is 5.41 Å². The standard InChI is InChI=1S/C17H28N4S/c1-13-10-14(2)18-15(11-13)19-16(22)21-8-6-20(7-9-21)12-17(3,4)5/h10-11H,6-9,12H2,1-5H3,(H,18,19,22). The van der Waals surface area contributed by atoms with Gasteiger partial charge in [0.2, 0.25) is 0 Å². The molecular formula is C17H28N4S. The van der Waals surface area contributed by atoms with Gasteiger partial charge >= 0.3 is 0 Å². The topological polar surface area (TPSA) is 31.4 Å². The van der Waals surface area contributed by atoms with E-state index in [1.807, 2.05) is 13.0 Å². The van der Waals surface area contributed by atoms with Crippen LogP contribution in [-0.4, -0.2) is 52.6 Å². The molecule has 1 saturated heterocycles. The lowest BCUT2D eigenvalue weighted by atomic mass is 9.96. The number of thiocarbonyl (C=S) groups is 1. The summed E-state index contributed by atoms with van der Waals surface area (Å²) in [6.07, 6.45) is 0. The van der Waals surface area contributed by atoms with E-state index in [1.165, 1.54) is 5.56 Å². The van der Waals surface area contributed by atoms with Crippen molar-refractivity contribution < 1.29 is 0 Å². The molecule has 1 N–H and O–H groups in total. The van der Waals surface area contributed by atoms with Crippen LogP contribution in [0.4, 0.5) is 5.82 Å². The molecule has 1 aromatic rings. The summed E-state index contributed by atoms with van der Waals surface area (Å²) < 4.78 is 0. The predicted octanol–water partition coefficient (Wildman–Crippen LogP) is 3.06. The van der Waals surface area contributed by atoms with Crippen molar-refractivity contribution in [1.82, 2.24) is 14.8 Å². The van der Waals surface area contributed by atoms with Crippen LogP contribution >= 0.6 is 12.2 Å². The predicted molar refractivity (Wildman–Crippen MR) is 97.4 cm³/mol. The van der Waals surface area contributed by atoms with Gasteiger partial charge < -0.3 is 10.2 Å². The number of hydrogen-bond acceptors (Lipinski definition) is 3. The summed E-state index contributed by atoms with van der Waals surface area (Å²) >= 11 is 5.55. The number of nitrogens with zero attached hydrogens (tertiary/aromatic N) is 3. The third-order valence-electron chi connectivity index (χ3n) is 3.69. The van der Waals surface area contributed by atoms with E-state index in [0.717, 1.165) is 49.3 Å². The van der Waals surface area contributed by atoms with Gasteiger partial charge in [0, 0.05) is 38.4 Å². The molecule has 0 aromatic carbocycles. The molecule has 0 amide bonds. The second kappa shape index (κ2) is 6.92. The average Bonchev–Trinajstić information content (AvgIpc) is 2.36. The van der Waals surface area contributed by atoms with Crippen LogP contribution in [0.15, 0.2) is 12.1 Å². The molecule has 0 aliphatic carbocycles. The Morgan fingerprint density at radius 2 is 1.82 bits per heavy atom. The summed E-state index contributed by atoms with van der Waals surface area (Å²) in [5.41, 5.74) is 2.57. The van der Waals surface area contributed by atoms with Gasteiger partial charge in [-0.1, -0.05) is 20.8 Å². The molecule has 2 heterocycles. The quantitative estimate of drug-likeness (QED) is 0.847. The second-order valence-corrected chi connectivity index (χ2v) is 7.81. The summed E-state index contributed by atoms with van der Waals surface area (Å²) in [6, 6.07) is 4.11. The highest BCUT2D eigenvalue weighted by Crippen LogP contribution is 2.17. The molecule has 0 radical (unpaired) electrons. The van der Waals surface area contributed by atoms with Gasteiger partial charge in [0.15, 0.2) is 5.11 Å². The Labute approximate surface area is 139 Å². The van der Waals surface area contributed by atoms with Crippen molar-refractivity contribution in [2.45, 2.75) is 34.6 Å². The fourth-order valence-corrected chi connectivity index (χ4v) is 3.16. The fourth-order valence-electron chi connectivity index (χ4n) is 2.87. The van der Waals surface area contributed by atoms with Crippen molar-refractivity contribution in [2.75, 3.05) is 38.0 Å². The van der Waals surface area contributed by atoms with Gasteiger partial charge in [-0.25, -0.2) is 4.98 Å². The van der Waals surface area contributed by atoms with Gasteiger partial charge in [0.25, 0.3) is 0 Å². The summed E-state index contributed by atoms with van der Waals surface area (Å²) in [6.45, 7) is 16.2. The van der Waals surface area contributed by atoms with E-state index in [1.54, 1.807) is 0 Å². The number of hydrogen-bond donors (Lipinski definition) is 1. The molecule has 5 heteroatoms. The molecule has 122 valence electrons. The molecule has 1 fully saturated rings. The van der Waals surface area contributed by atoms with Crippen LogP contribution in [-0.2, 0) is 0 Å². The van der Waals surface area contributed by atoms with E-state index in [2.05, 4.69) is 53.9 Å². The van der Waals surface area contributed by atoms with Crippen LogP contribution in [0.5, 0.6) is 0 Å². The molecule has 0 saturated carbocycles. The van der Waals surface area contributed by atoms with E-state index in [9.17, 15) is 0 Å². The molecule has 2 rings (SSSR count). The van der Waals surface area contributed by atoms with Crippen molar-refractivity contribution in [2.24, 2.45) is 5.41 Å². The molecule has 1 aliphatic rings. The molecule has 0 bridgehead atoms. The molecule has 0 atom stereocenters. The maximum atomic E-state index is 5.55. The van der Waals surface area contributed by atoms with Gasteiger partial charge in [-0.3, -0.25) is 4.90 Å². The Morgan fingerprint density at radius 1 is 1.18 bits per heavy atom. The van der Waals surface area contributed by atoms with Gasteiger partial charge in [-0.2, -0.15) is 0 Å². The molecule has 1 aromatic heterocycles. The van der Waals surface area contributed by atoms with Crippen LogP contribution in [0.3, 0.4) is 0 Å². The Morgan fingerprint density at radius 3 is 2.36 bits per heavy atom. The van der Waals surface area contributed by atoms with Gasteiger partial charge in [-0.15, -0.1) is 0 Å². The first kappa shape index (κ1) is 17.2. The van der Waals surface area contributed by atoms with E-state index >= 15 is 0 Å². The zero-order valence-electron chi connectivity index (χ0n) is 14.4. The molecule has 1 aliphatic heterocycles. The van der Waals surface area contributed by atoms with Crippen LogP contribution in [0.2, 0.25) is 0 Å². The molecule has 0 spiro atoms. The van der Waals surface area contributed by atoms with Gasteiger partial charge in [-0.05, 0) is 49.2 Å². The molecule has 22 heavy (non-hydrogen) atoms. The maximum Gasteiger partial charge on any atom is 0.174 e. The maximum absolute atomic E-state index is 5.55. The first-order valence-electron chi connectivity index (χ1n) is 7.96. The largest absolute Gasteiger partial charge is 0.346 e. The van der Waals surface area contributed by atoms with Crippen molar-refractivity contribution in [1.29, 1.82) is 0 Å². The zero-order chi connectivity index (χ0) is 16.3. The molecular weight excluding hydrogens is 292 g/mol. The summed E-state index contributed by atoms with van der Waals surface area (Å²) in [4.78, 5) is 9.26. The number of nitrogens with one attached hydrogen (secondary N) is 1. The Hall–Kier alpha value is -1.20. The van der Waals surface area contributed by atoms with E-state index < -0.39 is 0 Å². The first-order chi connectivity index (χ1) is 10.2. The number of rotatable bonds is 2. The monoisotopic (exact) mass is 320 g/mol. The number of pyridine rings is 1. The number of aromatic nitrogens is 1. The van der Waals surface area contributed by atoms with Crippen molar-refractivity contribution in [3.05, 3.63) is 23.4 Å². The minimum Gasteiger partial charge on any atom is -0.346 e. The summed E-state index contributed by atoms with van der Waals surface area (Å²) in [5.74, 6) is 0.847. The normalized spacial score (nSPS) is 16.7. The lowest BCUT2D eigenvalue weighted by Crippen LogP contribution is -2.51. The van der Waals surface area contributed by atoms with E-state index in [4.69, 9.17) is 12.2 Å². The highest BCUT2D eigenvalue weighted by atomic mass is 32.1. The minimum absolute atomic E-state index is 0.351. The van der Waals surface area contributed by atoms with Gasteiger partial charge in [0.1, 0.15) is 5.82 Å². The first-order valence-corrected chi connectivity index (χ1v) is 8.37. The highest BCUT2D eigenvalue weighted by molar-refractivity contribution is 7.80. The van der Waals surface area contributed by atoms with Crippen molar-refractivity contribution >= 4 is 23.1 Å². The number of aryl methyl sites for hydroxylation is 2. The van der Waals surface area contributed by atoms with Crippen molar-refractivity contribution in [3.8, 4) is 0 Å². The lowest BCUT2D eigenvalue weighted by molar-refractivity contribution is 0.137. The number of piperazine rings is 1. The second-order valence-electron chi connectivity index (χ2n) is 7.43. The zero-order valence-corrected chi connectivity index (χ0v) is 15.3. The average molecular weight is 321 g/mol. The van der Waals surface area contributed by atoms with E-state index in [-0.39, 0.29) is 0 Å². The van der Waals surface area contributed by atoms with Crippen LogP contribution in [0, 0.1) is 19.3 Å². The lowest BCUT2D eigenvalue weighted by Gasteiger charge is -2.38. The van der Waals surface area contributed by atoms with Crippen LogP contribution in [0.1, 0.15) is 32.0 Å². The summed E-state index contributed by atoms with van der Waals surface area (Å²) in [5, 5.41) is 4.07. The highest BCUT2D eigenvalue weighted by Gasteiger charge is 2.22. The third-order valence-corrected chi connectivity index (χ3v) is 4.05. The van der Waals surface area contributed by atoms with Crippen molar-refractivity contribution in [3.63, 3.8) is 0 Å². The minimum atomic E-state index is 0.351. The SMILES string of the molecule is Cc1cc(C)nc(NC(=S)N2CCN(CC(C)(C)C)CC2)c1. The van der Waals surface area contributed by atoms with Gasteiger partial charge in [0.05, 0.1) is 0 Å². The van der Waals surface area contributed by atoms with Crippen LogP contribution in [0.25, 0.3) is 0 Å². The third kappa shape index (κ3) is 5.21. The Kier molecular flexibility index (Phi) is 5.40. The smallest absolute Gasteiger partial charge is 0.174 e. The fraction of sp³-hybridized carbons (Fsp3) is 0.647. The van der Waals surface area contributed by atoms with Crippen LogP contribution < -0.4 is 5.32 Å². The Balaban J connectivity index is 1.87.